The summed E-state index contributed by atoms with van der Waals surface area (Å²) in [6, 6.07) is 14.9. The molecule has 0 spiro atoms. The lowest BCUT2D eigenvalue weighted by atomic mass is 10.2. The van der Waals surface area contributed by atoms with E-state index in [4.69, 9.17) is 20.9 Å². The highest BCUT2D eigenvalue weighted by atomic mass is 35.5. The number of rotatable bonds is 8. The number of anilines is 1. The highest BCUT2D eigenvalue weighted by molar-refractivity contribution is 7.14. The van der Waals surface area contributed by atoms with Crippen molar-refractivity contribution in [3.8, 4) is 28.4 Å². The van der Waals surface area contributed by atoms with E-state index in [0.29, 0.717) is 41.1 Å². The Labute approximate surface area is 188 Å². The van der Waals surface area contributed by atoms with Crippen molar-refractivity contribution in [1.82, 2.24) is 15.1 Å². The van der Waals surface area contributed by atoms with Crippen LogP contribution in [-0.4, -0.2) is 28.1 Å². The second kappa shape index (κ2) is 9.72. The topological polar surface area (TPSA) is 90.1 Å². The van der Waals surface area contributed by atoms with Gasteiger partial charge in [0.2, 0.25) is 17.6 Å². The summed E-state index contributed by atoms with van der Waals surface area (Å²) >= 11 is 7.57. The molecule has 158 valence electrons. The van der Waals surface area contributed by atoms with Crippen molar-refractivity contribution in [2.24, 2.45) is 0 Å². The number of benzene rings is 2. The van der Waals surface area contributed by atoms with E-state index in [0.717, 1.165) is 22.6 Å². The predicted octanol–water partition coefficient (Wildman–Crippen LogP) is 5.48. The van der Waals surface area contributed by atoms with Crippen molar-refractivity contribution in [2.75, 3.05) is 12.4 Å². The Hall–Kier alpha value is -3.23. The van der Waals surface area contributed by atoms with Crippen LogP contribution in [0.1, 0.15) is 18.7 Å². The molecule has 0 saturated heterocycles. The van der Waals surface area contributed by atoms with Gasteiger partial charge in [-0.25, -0.2) is 4.98 Å². The molecule has 0 aliphatic rings. The van der Waals surface area contributed by atoms with E-state index >= 15 is 0 Å². The van der Waals surface area contributed by atoms with Gasteiger partial charge in [-0.1, -0.05) is 35.0 Å². The number of halogens is 1. The largest absolute Gasteiger partial charge is 0.497 e. The summed E-state index contributed by atoms with van der Waals surface area (Å²) < 4.78 is 10.4. The standard InChI is InChI=1S/C22H19ClN4O3S/c1-29-15-11-9-14(10-12-15)21-26-20(30-27-21)8-4-7-19(28)25-22-24-18(13-31-22)16-5-2-3-6-17(16)23/h2-3,5-6,9-13H,4,7-8H2,1H3,(H,24,25,28). The van der Waals surface area contributed by atoms with Gasteiger partial charge in [-0.15, -0.1) is 11.3 Å². The minimum Gasteiger partial charge on any atom is -0.497 e. The Morgan fingerprint density at radius 3 is 2.74 bits per heavy atom. The van der Waals surface area contributed by atoms with Crippen LogP contribution in [0, 0.1) is 0 Å². The summed E-state index contributed by atoms with van der Waals surface area (Å²) in [4.78, 5) is 21.1. The Morgan fingerprint density at radius 2 is 1.97 bits per heavy atom. The molecule has 2 aromatic heterocycles. The highest BCUT2D eigenvalue weighted by Gasteiger charge is 2.12. The maximum atomic E-state index is 12.3. The van der Waals surface area contributed by atoms with Gasteiger partial charge in [0.1, 0.15) is 5.75 Å². The van der Waals surface area contributed by atoms with E-state index in [9.17, 15) is 4.79 Å². The van der Waals surface area contributed by atoms with Crippen LogP contribution in [0.15, 0.2) is 58.4 Å². The van der Waals surface area contributed by atoms with E-state index < -0.39 is 0 Å². The van der Waals surface area contributed by atoms with Crippen LogP contribution in [0.2, 0.25) is 5.02 Å². The molecular formula is C22H19ClN4O3S. The number of amides is 1. The zero-order chi connectivity index (χ0) is 21.6. The fraction of sp³-hybridized carbons (Fsp3) is 0.182. The molecule has 9 heteroatoms. The van der Waals surface area contributed by atoms with Crippen LogP contribution in [0.5, 0.6) is 5.75 Å². The van der Waals surface area contributed by atoms with Gasteiger partial charge in [-0.3, -0.25) is 4.79 Å². The molecule has 0 aliphatic carbocycles. The minimum absolute atomic E-state index is 0.116. The van der Waals surface area contributed by atoms with Gasteiger partial charge < -0.3 is 14.6 Å². The number of thiazole rings is 1. The second-order valence-corrected chi connectivity index (χ2v) is 7.93. The molecule has 4 rings (SSSR count). The Kier molecular flexibility index (Phi) is 6.59. The molecule has 0 bridgehead atoms. The summed E-state index contributed by atoms with van der Waals surface area (Å²) in [7, 11) is 1.62. The number of ether oxygens (including phenoxy) is 1. The fourth-order valence-corrected chi connectivity index (χ4v) is 3.88. The van der Waals surface area contributed by atoms with Crippen molar-refractivity contribution in [1.29, 1.82) is 0 Å². The second-order valence-electron chi connectivity index (χ2n) is 6.66. The SMILES string of the molecule is COc1ccc(-c2noc(CCCC(=O)Nc3nc(-c4ccccc4Cl)cs3)n2)cc1. The van der Waals surface area contributed by atoms with Crippen molar-refractivity contribution in [2.45, 2.75) is 19.3 Å². The van der Waals surface area contributed by atoms with Gasteiger partial charge in [0.25, 0.3) is 0 Å². The maximum Gasteiger partial charge on any atom is 0.226 e. The average Bonchev–Trinajstić information content (AvgIpc) is 3.44. The average molecular weight is 455 g/mol. The number of hydrogen-bond donors (Lipinski definition) is 1. The number of methoxy groups -OCH3 is 1. The summed E-state index contributed by atoms with van der Waals surface area (Å²) in [5.41, 5.74) is 2.42. The van der Waals surface area contributed by atoms with Gasteiger partial charge in [0.05, 0.1) is 12.8 Å². The summed E-state index contributed by atoms with van der Waals surface area (Å²) in [6.45, 7) is 0. The fourth-order valence-electron chi connectivity index (χ4n) is 2.92. The van der Waals surface area contributed by atoms with Crippen molar-refractivity contribution < 1.29 is 14.1 Å². The van der Waals surface area contributed by atoms with Crippen molar-refractivity contribution >= 4 is 34.0 Å². The maximum absolute atomic E-state index is 12.3. The first-order valence-electron chi connectivity index (χ1n) is 9.59. The van der Waals surface area contributed by atoms with Gasteiger partial charge >= 0.3 is 0 Å². The van der Waals surface area contributed by atoms with Crippen LogP contribution in [-0.2, 0) is 11.2 Å². The smallest absolute Gasteiger partial charge is 0.226 e. The monoisotopic (exact) mass is 454 g/mol. The van der Waals surface area contributed by atoms with Gasteiger partial charge in [-0.05, 0) is 36.8 Å². The van der Waals surface area contributed by atoms with E-state index in [-0.39, 0.29) is 5.91 Å². The van der Waals surface area contributed by atoms with Crippen LogP contribution < -0.4 is 10.1 Å². The molecule has 7 nitrogen and oxygen atoms in total. The van der Waals surface area contributed by atoms with Crippen LogP contribution in [0.25, 0.3) is 22.6 Å². The first-order chi connectivity index (χ1) is 15.1. The third-order valence-corrected chi connectivity index (χ3v) is 5.60. The molecule has 2 aromatic carbocycles. The number of hydrogen-bond acceptors (Lipinski definition) is 7. The lowest BCUT2D eigenvalue weighted by Gasteiger charge is -2.01. The molecule has 4 aromatic rings. The van der Waals surface area contributed by atoms with E-state index in [1.165, 1.54) is 11.3 Å². The molecule has 0 radical (unpaired) electrons. The molecule has 0 aliphatic heterocycles. The number of carbonyl (C=O) groups is 1. The molecule has 0 atom stereocenters. The van der Waals surface area contributed by atoms with Gasteiger partial charge in [0.15, 0.2) is 5.13 Å². The summed E-state index contributed by atoms with van der Waals surface area (Å²) in [6.07, 6.45) is 1.42. The van der Waals surface area contributed by atoms with Gasteiger partial charge in [-0.2, -0.15) is 4.98 Å². The lowest BCUT2D eigenvalue weighted by molar-refractivity contribution is -0.116. The third-order valence-electron chi connectivity index (χ3n) is 4.51. The Bertz CT molecular complexity index is 1170. The van der Waals surface area contributed by atoms with E-state index in [1.807, 2.05) is 53.9 Å². The molecule has 0 fully saturated rings. The van der Waals surface area contributed by atoms with E-state index in [2.05, 4.69) is 20.4 Å². The van der Waals surface area contributed by atoms with Gasteiger partial charge in [0, 0.05) is 34.4 Å². The van der Waals surface area contributed by atoms with Crippen LogP contribution >= 0.6 is 22.9 Å². The molecule has 0 unspecified atom stereocenters. The Balaban J connectivity index is 1.27. The van der Waals surface area contributed by atoms with Crippen LogP contribution in [0.3, 0.4) is 0 Å². The van der Waals surface area contributed by atoms with Crippen LogP contribution in [0.4, 0.5) is 5.13 Å². The predicted molar refractivity (Wildman–Crippen MR) is 120 cm³/mol. The number of nitrogens with one attached hydrogen (secondary N) is 1. The number of aryl methyl sites for hydroxylation is 1. The number of carbonyl (C=O) groups excluding carboxylic acids is 1. The first-order valence-corrected chi connectivity index (χ1v) is 10.9. The highest BCUT2D eigenvalue weighted by Crippen LogP contribution is 2.30. The van der Waals surface area contributed by atoms with Crippen molar-refractivity contribution in [3.63, 3.8) is 0 Å². The summed E-state index contributed by atoms with van der Waals surface area (Å²) in [5, 5.41) is 9.86. The quantitative estimate of drug-likeness (QED) is 0.379. The lowest BCUT2D eigenvalue weighted by Crippen LogP contribution is -2.11. The normalized spacial score (nSPS) is 10.8. The number of aromatic nitrogens is 3. The number of nitrogens with zero attached hydrogens (tertiary/aromatic N) is 3. The third kappa shape index (κ3) is 5.28. The van der Waals surface area contributed by atoms with E-state index in [1.54, 1.807) is 7.11 Å². The Morgan fingerprint density at radius 1 is 1.16 bits per heavy atom. The minimum atomic E-state index is -0.116. The molecule has 31 heavy (non-hydrogen) atoms. The zero-order valence-electron chi connectivity index (χ0n) is 16.7. The molecular weight excluding hydrogens is 436 g/mol. The molecule has 1 amide bonds. The van der Waals surface area contributed by atoms with Crippen molar-refractivity contribution in [3.05, 3.63) is 64.8 Å². The molecule has 1 N–H and O–H groups in total. The molecule has 2 heterocycles. The first kappa shape index (κ1) is 21.0. The molecule has 0 saturated carbocycles. The zero-order valence-corrected chi connectivity index (χ0v) is 18.2. The summed E-state index contributed by atoms with van der Waals surface area (Å²) in [5.74, 6) is 1.65.